The summed E-state index contributed by atoms with van der Waals surface area (Å²) in [6.45, 7) is 8.15. The van der Waals surface area contributed by atoms with Gasteiger partial charge in [0.05, 0.1) is 5.75 Å². The fraction of sp³-hybridized carbons (Fsp3) is 0.286. The fourth-order valence-electron chi connectivity index (χ4n) is 2.86. The van der Waals surface area contributed by atoms with E-state index in [1.165, 1.54) is 22.9 Å². The second-order valence-corrected chi connectivity index (χ2v) is 7.64. The number of ketones is 1. The minimum absolute atomic E-state index is 0.121. The molecule has 2 aromatic carbocycles. The van der Waals surface area contributed by atoms with Crippen LogP contribution in [-0.2, 0) is 7.05 Å². The summed E-state index contributed by atoms with van der Waals surface area (Å²) in [5.41, 5.74) is 6.40. The maximum atomic E-state index is 12.6. The zero-order valence-corrected chi connectivity index (χ0v) is 16.6. The third-order valence-electron chi connectivity index (χ3n) is 4.62. The standard InChI is InChI=1S/C21H23N3OS/c1-13-6-8-17(9-7-13)20-22-23-21(24(20)5)26-12-19(25)18-11-15(3)14(2)10-16(18)4/h6-11H,12H2,1-5H3. The number of benzene rings is 2. The van der Waals surface area contributed by atoms with E-state index in [0.29, 0.717) is 5.75 Å². The maximum absolute atomic E-state index is 12.6. The largest absolute Gasteiger partial charge is 0.305 e. The highest BCUT2D eigenvalue weighted by molar-refractivity contribution is 7.99. The van der Waals surface area contributed by atoms with Crippen molar-refractivity contribution in [1.29, 1.82) is 0 Å². The quantitative estimate of drug-likeness (QED) is 0.486. The second kappa shape index (κ2) is 7.46. The lowest BCUT2D eigenvalue weighted by atomic mass is 9.99. The Bertz CT molecular complexity index is 958. The molecule has 0 N–H and O–H groups in total. The van der Waals surface area contributed by atoms with Crippen molar-refractivity contribution in [3.05, 3.63) is 64.2 Å². The molecule has 0 aliphatic rings. The van der Waals surface area contributed by atoms with Crippen LogP contribution in [0.25, 0.3) is 11.4 Å². The molecule has 0 amide bonds. The van der Waals surface area contributed by atoms with Crippen LogP contribution in [0.2, 0.25) is 0 Å². The number of hydrogen-bond donors (Lipinski definition) is 0. The van der Waals surface area contributed by atoms with Crippen LogP contribution in [0.3, 0.4) is 0 Å². The second-order valence-electron chi connectivity index (χ2n) is 6.69. The van der Waals surface area contributed by atoms with Gasteiger partial charge in [0.25, 0.3) is 0 Å². The summed E-state index contributed by atoms with van der Waals surface area (Å²) in [6, 6.07) is 12.3. The van der Waals surface area contributed by atoms with Gasteiger partial charge < -0.3 is 4.57 Å². The van der Waals surface area contributed by atoms with Gasteiger partial charge in [-0.25, -0.2) is 0 Å². The maximum Gasteiger partial charge on any atom is 0.191 e. The Kier molecular flexibility index (Phi) is 5.28. The van der Waals surface area contributed by atoms with E-state index in [1.54, 1.807) is 0 Å². The predicted octanol–water partition coefficient (Wildman–Crippen LogP) is 4.69. The summed E-state index contributed by atoms with van der Waals surface area (Å²) in [4.78, 5) is 12.6. The van der Waals surface area contributed by atoms with E-state index in [1.807, 2.05) is 43.7 Å². The first kappa shape index (κ1) is 18.4. The van der Waals surface area contributed by atoms with E-state index in [9.17, 15) is 4.79 Å². The van der Waals surface area contributed by atoms with Crippen LogP contribution in [0.4, 0.5) is 0 Å². The summed E-state index contributed by atoms with van der Waals surface area (Å²) in [5.74, 6) is 1.28. The summed E-state index contributed by atoms with van der Waals surface area (Å²) >= 11 is 1.43. The summed E-state index contributed by atoms with van der Waals surface area (Å²) in [6.07, 6.45) is 0. The van der Waals surface area contributed by atoms with Gasteiger partial charge in [0, 0.05) is 18.2 Å². The number of aryl methyl sites for hydroxylation is 4. The number of rotatable bonds is 5. The minimum atomic E-state index is 0.121. The van der Waals surface area contributed by atoms with E-state index >= 15 is 0 Å². The zero-order chi connectivity index (χ0) is 18.8. The van der Waals surface area contributed by atoms with Crippen LogP contribution in [0, 0.1) is 27.7 Å². The number of carbonyl (C=O) groups is 1. The summed E-state index contributed by atoms with van der Waals surface area (Å²) < 4.78 is 1.94. The van der Waals surface area contributed by atoms with Crippen LogP contribution in [-0.4, -0.2) is 26.3 Å². The Morgan fingerprint density at radius 3 is 2.31 bits per heavy atom. The highest BCUT2D eigenvalue weighted by Crippen LogP contribution is 2.24. The van der Waals surface area contributed by atoms with Gasteiger partial charge in [0.1, 0.15) is 0 Å². The van der Waals surface area contributed by atoms with E-state index in [0.717, 1.165) is 33.2 Å². The average Bonchev–Trinajstić information content (AvgIpc) is 2.97. The molecule has 0 saturated carbocycles. The smallest absolute Gasteiger partial charge is 0.191 e. The molecular formula is C21H23N3OS. The van der Waals surface area contributed by atoms with Crippen molar-refractivity contribution in [2.45, 2.75) is 32.9 Å². The van der Waals surface area contributed by atoms with Crippen molar-refractivity contribution in [3.8, 4) is 11.4 Å². The Balaban J connectivity index is 1.75. The van der Waals surface area contributed by atoms with E-state index in [4.69, 9.17) is 0 Å². The van der Waals surface area contributed by atoms with Crippen LogP contribution >= 0.6 is 11.8 Å². The molecule has 0 bridgehead atoms. The SMILES string of the molecule is Cc1ccc(-c2nnc(SCC(=O)c3cc(C)c(C)cc3C)n2C)cc1. The zero-order valence-electron chi connectivity index (χ0n) is 15.8. The number of aromatic nitrogens is 3. The average molecular weight is 366 g/mol. The molecule has 3 rings (SSSR count). The van der Waals surface area contributed by atoms with Gasteiger partial charge in [-0.05, 0) is 50.5 Å². The predicted molar refractivity (Wildman–Crippen MR) is 107 cm³/mol. The third kappa shape index (κ3) is 3.73. The molecule has 5 heteroatoms. The van der Waals surface area contributed by atoms with Crippen molar-refractivity contribution in [1.82, 2.24) is 14.8 Å². The normalized spacial score (nSPS) is 11.0. The number of nitrogens with zero attached hydrogens (tertiary/aromatic N) is 3. The molecule has 0 fully saturated rings. The van der Waals surface area contributed by atoms with Gasteiger partial charge in [-0.15, -0.1) is 10.2 Å². The van der Waals surface area contributed by atoms with Gasteiger partial charge in [-0.3, -0.25) is 4.79 Å². The molecule has 4 nitrogen and oxygen atoms in total. The van der Waals surface area contributed by atoms with Crippen molar-refractivity contribution < 1.29 is 4.79 Å². The van der Waals surface area contributed by atoms with Crippen molar-refractivity contribution in [2.75, 3.05) is 5.75 Å². The lowest BCUT2D eigenvalue weighted by molar-refractivity contribution is 0.102. The molecule has 0 atom stereocenters. The van der Waals surface area contributed by atoms with Crippen molar-refractivity contribution in [2.24, 2.45) is 7.05 Å². The van der Waals surface area contributed by atoms with Crippen LogP contribution in [0.5, 0.6) is 0 Å². The molecule has 0 unspecified atom stereocenters. The highest BCUT2D eigenvalue weighted by atomic mass is 32.2. The van der Waals surface area contributed by atoms with Gasteiger partial charge >= 0.3 is 0 Å². The van der Waals surface area contributed by atoms with Gasteiger partial charge in [-0.1, -0.05) is 47.7 Å². The van der Waals surface area contributed by atoms with Crippen LogP contribution in [0.1, 0.15) is 32.6 Å². The Hall–Kier alpha value is -2.40. The Labute approximate surface area is 158 Å². The number of hydrogen-bond acceptors (Lipinski definition) is 4. The molecule has 0 saturated heterocycles. The Morgan fingerprint density at radius 1 is 0.962 bits per heavy atom. The first-order valence-electron chi connectivity index (χ1n) is 8.57. The number of carbonyl (C=O) groups excluding carboxylic acids is 1. The van der Waals surface area contributed by atoms with E-state index in [-0.39, 0.29) is 5.78 Å². The molecule has 0 aliphatic heterocycles. The number of thioether (sulfide) groups is 1. The highest BCUT2D eigenvalue weighted by Gasteiger charge is 2.15. The van der Waals surface area contributed by atoms with E-state index < -0.39 is 0 Å². The minimum Gasteiger partial charge on any atom is -0.305 e. The lowest BCUT2D eigenvalue weighted by Gasteiger charge is -2.09. The molecular weight excluding hydrogens is 342 g/mol. The molecule has 3 aromatic rings. The van der Waals surface area contributed by atoms with E-state index in [2.05, 4.69) is 42.2 Å². The molecule has 1 heterocycles. The first-order valence-corrected chi connectivity index (χ1v) is 9.55. The molecule has 1 aromatic heterocycles. The fourth-order valence-corrected chi connectivity index (χ4v) is 3.66. The molecule has 0 radical (unpaired) electrons. The topological polar surface area (TPSA) is 47.8 Å². The molecule has 26 heavy (non-hydrogen) atoms. The van der Waals surface area contributed by atoms with Gasteiger partial charge in [0.2, 0.25) is 0 Å². The lowest BCUT2D eigenvalue weighted by Crippen LogP contribution is -2.07. The Morgan fingerprint density at radius 2 is 1.62 bits per heavy atom. The van der Waals surface area contributed by atoms with Gasteiger partial charge in [0.15, 0.2) is 16.8 Å². The number of Topliss-reactive ketones (excluding diaryl/α,β-unsaturated/α-hetero) is 1. The van der Waals surface area contributed by atoms with Crippen LogP contribution in [0.15, 0.2) is 41.6 Å². The first-order chi connectivity index (χ1) is 12.4. The molecule has 134 valence electrons. The monoisotopic (exact) mass is 365 g/mol. The van der Waals surface area contributed by atoms with Gasteiger partial charge in [-0.2, -0.15) is 0 Å². The third-order valence-corrected chi connectivity index (χ3v) is 5.64. The molecule has 0 aliphatic carbocycles. The van der Waals surface area contributed by atoms with Crippen molar-refractivity contribution >= 4 is 17.5 Å². The van der Waals surface area contributed by atoms with Crippen molar-refractivity contribution in [3.63, 3.8) is 0 Å². The summed E-state index contributed by atoms with van der Waals surface area (Å²) in [7, 11) is 1.93. The molecule has 0 spiro atoms. The van der Waals surface area contributed by atoms with Crippen LogP contribution < -0.4 is 0 Å². The summed E-state index contributed by atoms with van der Waals surface area (Å²) in [5, 5.41) is 9.29.